The molecule has 2 aliphatic rings. The molecule has 66 heavy (non-hydrogen) atoms. The molecule has 0 radical (unpaired) electrons. The highest BCUT2D eigenvalue weighted by Gasteiger charge is 2.31. The largest absolute Gasteiger partial charge is 0.321 e. The molecule has 0 aliphatic carbocycles. The number of hydrogen-bond donors (Lipinski definition) is 2. The number of fused-ring (bicyclic) bond motifs is 2. The first kappa shape index (κ1) is 44.4. The van der Waals surface area contributed by atoms with Crippen LogP contribution in [0.25, 0.3) is 33.2 Å². The van der Waals surface area contributed by atoms with Crippen molar-refractivity contribution < 1.29 is 0 Å². The van der Waals surface area contributed by atoms with E-state index in [9.17, 15) is 9.59 Å². The Morgan fingerprint density at radius 3 is 1.82 bits per heavy atom. The zero-order chi connectivity index (χ0) is 46.0. The molecule has 2 atom stereocenters. The van der Waals surface area contributed by atoms with Gasteiger partial charge in [0.1, 0.15) is 0 Å². The molecule has 2 unspecified atom stereocenters. The molecule has 0 bridgehead atoms. The maximum absolute atomic E-state index is 14.0. The summed E-state index contributed by atoms with van der Waals surface area (Å²) in [4.78, 5) is 50.5. The molecule has 2 aromatic carbocycles. The molecule has 8 heterocycles. The van der Waals surface area contributed by atoms with Crippen molar-refractivity contribution >= 4 is 107 Å². The molecular weight excluding hydrogens is 990 g/mol. The highest BCUT2D eigenvalue weighted by atomic mass is 79.9. The summed E-state index contributed by atoms with van der Waals surface area (Å²) in [6.07, 6.45) is 17.3. The Kier molecular flexibility index (Phi) is 12.1. The Labute approximate surface area is 406 Å². The van der Waals surface area contributed by atoms with Crippen molar-refractivity contribution in [2.75, 3.05) is 44.4 Å². The summed E-state index contributed by atoms with van der Waals surface area (Å²) in [5.74, 6) is 0.656. The molecule has 2 aliphatic heterocycles. The van der Waals surface area contributed by atoms with Crippen molar-refractivity contribution in [2.24, 2.45) is 0 Å². The Balaban J connectivity index is 0.848. The van der Waals surface area contributed by atoms with E-state index in [0.29, 0.717) is 87.8 Å². The molecule has 8 aromatic rings. The minimum Gasteiger partial charge on any atom is -0.321 e. The SMILES string of the molecule is Cc1cn(-c2c(Cl)cccc2Cl)c(=O)c2cnc(Nc3cnn(C4CCN(C)C(c5cc(Cl)c(-n6cc(Br)c7nc(Nc8cnn(C9CCN(C)CC9)c8)ncc7c6=O)c(Cl)c5)C4)c3)nc12. The zero-order valence-corrected chi connectivity index (χ0v) is 40.4. The van der Waals surface area contributed by atoms with Crippen LogP contribution in [0.3, 0.4) is 0 Å². The number of aryl methyl sites for hydroxylation is 1. The van der Waals surface area contributed by atoms with Crippen LogP contribution in [0.1, 0.15) is 54.9 Å². The van der Waals surface area contributed by atoms with Crippen molar-refractivity contribution in [2.45, 2.75) is 50.7 Å². The first-order valence-electron chi connectivity index (χ1n) is 21.2. The number of nitrogens with one attached hydrogen (secondary N) is 2. The molecule has 10 rings (SSSR count). The van der Waals surface area contributed by atoms with Crippen molar-refractivity contribution in [1.29, 1.82) is 0 Å². The van der Waals surface area contributed by atoms with E-state index in [1.54, 1.807) is 43.0 Å². The van der Waals surface area contributed by atoms with E-state index in [1.165, 1.54) is 21.5 Å². The van der Waals surface area contributed by atoms with Crippen LogP contribution in [0.4, 0.5) is 23.3 Å². The second kappa shape index (κ2) is 18.0. The van der Waals surface area contributed by atoms with Crippen LogP contribution in [0, 0.1) is 6.92 Å². The van der Waals surface area contributed by atoms with Crippen molar-refractivity contribution in [3.63, 3.8) is 0 Å². The molecule has 338 valence electrons. The third kappa shape index (κ3) is 8.46. The molecule has 6 aromatic heterocycles. The van der Waals surface area contributed by atoms with Gasteiger partial charge in [0.15, 0.2) is 0 Å². The van der Waals surface area contributed by atoms with Gasteiger partial charge in [-0.3, -0.25) is 33.0 Å². The molecule has 0 amide bonds. The quantitative estimate of drug-likeness (QED) is 0.141. The minimum absolute atomic E-state index is 0.0441. The summed E-state index contributed by atoms with van der Waals surface area (Å²) in [5.41, 5.74) is 4.11. The van der Waals surface area contributed by atoms with Gasteiger partial charge in [-0.2, -0.15) is 10.2 Å². The number of rotatable bonds is 9. The van der Waals surface area contributed by atoms with Crippen LogP contribution in [0.2, 0.25) is 20.1 Å². The first-order valence-corrected chi connectivity index (χ1v) is 23.5. The van der Waals surface area contributed by atoms with Gasteiger partial charge in [0, 0.05) is 49.8 Å². The lowest BCUT2D eigenvalue weighted by Gasteiger charge is -2.37. The van der Waals surface area contributed by atoms with E-state index < -0.39 is 0 Å². The van der Waals surface area contributed by atoms with Crippen molar-refractivity contribution in [3.8, 4) is 11.4 Å². The van der Waals surface area contributed by atoms with Crippen LogP contribution >= 0.6 is 62.3 Å². The molecule has 21 heteroatoms. The molecule has 2 fully saturated rings. The lowest BCUT2D eigenvalue weighted by molar-refractivity contribution is 0.139. The third-order valence-electron chi connectivity index (χ3n) is 12.5. The summed E-state index contributed by atoms with van der Waals surface area (Å²) in [6.45, 7) is 4.71. The monoisotopic (exact) mass is 1030 g/mol. The Bertz CT molecular complexity index is 3270. The van der Waals surface area contributed by atoms with E-state index >= 15 is 0 Å². The van der Waals surface area contributed by atoms with Crippen LogP contribution in [0.5, 0.6) is 0 Å². The van der Waals surface area contributed by atoms with Gasteiger partial charge in [-0.25, -0.2) is 19.9 Å². The van der Waals surface area contributed by atoms with Crippen LogP contribution in [-0.4, -0.2) is 92.2 Å². The predicted molar refractivity (Wildman–Crippen MR) is 263 cm³/mol. The maximum atomic E-state index is 14.0. The normalized spacial score (nSPS) is 17.5. The van der Waals surface area contributed by atoms with Gasteiger partial charge in [-0.15, -0.1) is 0 Å². The average Bonchev–Trinajstić information content (AvgIpc) is 3.97. The maximum Gasteiger partial charge on any atom is 0.266 e. The van der Waals surface area contributed by atoms with E-state index in [4.69, 9.17) is 56.5 Å². The summed E-state index contributed by atoms with van der Waals surface area (Å²) in [6, 6.07) is 9.17. The highest BCUT2D eigenvalue weighted by molar-refractivity contribution is 9.10. The first-order chi connectivity index (χ1) is 31.8. The number of likely N-dealkylation sites (tertiary alicyclic amines) is 2. The smallest absolute Gasteiger partial charge is 0.266 e. The number of halogens is 5. The van der Waals surface area contributed by atoms with Gasteiger partial charge in [0.05, 0.1) is 93.6 Å². The second-order valence-electron chi connectivity index (χ2n) is 16.8. The number of para-hydroxylation sites is 1. The molecule has 2 saturated heterocycles. The van der Waals surface area contributed by atoms with Gasteiger partial charge in [-0.05, 0) is 111 Å². The van der Waals surface area contributed by atoms with Crippen molar-refractivity contribution in [1.82, 2.24) is 58.4 Å². The van der Waals surface area contributed by atoms with Crippen LogP contribution in [0.15, 0.2) is 94.0 Å². The molecule has 16 nitrogen and oxygen atoms in total. The number of piperidine rings is 2. The fourth-order valence-electron chi connectivity index (χ4n) is 8.96. The molecule has 2 N–H and O–H groups in total. The topological polar surface area (TPSA) is 162 Å². The number of hydrogen-bond acceptors (Lipinski definition) is 12. The summed E-state index contributed by atoms with van der Waals surface area (Å²) in [5, 5.41) is 17.8. The Morgan fingerprint density at radius 2 is 1.20 bits per heavy atom. The summed E-state index contributed by atoms with van der Waals surface area (Å²) in [7, 11) is 4.20. The van der Waals surface area contributed by atoms with Crippen molar-refractivity contribution in [3.05, 3.63) is 136 Å². The zero-order valence-electron chi connectivity index (χ0n) is 35.8. The molecule has 0 spiro atoms. The minimum atomic E-state index is -0.365. The fraction of sp³-hybridized carbons (Fsp3) is 0.289. The van der Waals surface area contributed by atoms with Gasteiger partial charge in [-0.1, -0.05) is 52.5 Å². The molecule has 0 saturated carbocycles. The number of nitrogens with zero attached hydrogens (tertiary/aromatic N) is 12. The average molecular weight is 1030 g/mol. The Morgan fingerprint density at radius 1 is 0.667 bits per heavy atom. The van der Waals surface area contributed by atoms with Gasteiger partial charge in [0.25, 0.3) is 11.1 Å². The number of benzene rings is 2. The van der Waals surface area contributed by atoms with E-state index in [-0.39, 0.29) is 23.2 Å². The van der Waals surface area contributed by atoms with E-state index in [1.807, 2.05) is 40.8 Å². The van der Waals surface area contributed by atoms with E-state index in [0.717, 1.165) is 55.7 Å². The second-order valence-corrected chi connectivity index (χ2v) is 19.3. The predicted octanol–water partition coefficient (Wildman–Crippen LogP) is 9.71. The van der Waals surface area contributed by atoms with Crippen LogP contribution in [-0.2, 0) is 0 Å². The van der Waals surface area contributed by atoms with Gasteiger partial charge in [0.2, 0.25) is 11.9 Å². The van der Waals surface area contributed by atoms with E-state index in [2.05, 4.69) is 70.5 Å². The molecular formula is C45H41BrCl4N14O2. The standard InChI is InChI=1S/C45H41BrCl4N14O2/c1-24-20-61(40-33(47)5-4-6-34(40)48)42(65)30-18-51-44(57-38(24)30)55-27-17-54-64(22-27)29-9-12-60(3)37(15-29)25-13-35(49)41(36(50)14-25)62-23-32(46)39-31(43(62)66)19-52-45(58-39)56-26-16-53-63(21-26)28-7-10-59(2)11-8-28/h4-6,13-14,16-23,28-29,37H,7-12,15H2,1-3H3,(H,51,55,57)(H,52,56,58). The fourth-order valence-corrected chi connectivity index (χ4v) is 10.7. The van der Waals surface area contributed by atoms with Crippen LogP contribution < -0.4 is 21.8 Å². The van der Waals surface area contributed by atoms with Gasteiger partial charge >= 0.3 is 0 Å². The highest BCUT2D eigenvalue weighted by Crippen LogP contribution is 2.40. The van der Waals surface area contributed by atoms with Gasteiger partial charge < -0.3 is 15.5 Å². The number of pyridine rings is 2. The number of aromatic nitrogens is 10. The Hall–Kier alpha value is -5.40. The lowest BCUT2D eigenvalue weighted by atomic mass is 9.92. The number of anilines is 4. The summed E-state index contributed by atoms with van der Waals surface area (Å²) >= 11 is 30.6. The third-order valence-corrected chi connectivity index (χ3v) is 14.2. The summed E-state index contributed by atoms with van der Waals surface area (Å²) < 4.78 is 7.36. The lowest BCUT2D eigenvalue weighted by Crippen LogP contribution is -2.35.